The normalized spacial score (nSPS) is 17.3. The molecular weight excluding hydrogens is 350 g/mol. The number of rotatable bonds is 4. The number of carbonyl (C=O) groups excluding carboxylic acids is 1. The van der Waals surface area contributed by atoms with Crippen molar-refractivity contribution in [1.82, 2.24) is 24.6 Å². The molecule has 3 aromatic heterocycles. The van der Waals surface area contributed by atoms with Gasteiger partial charge in [-0.15, -0.1) is 11.3 Å². The molecule has 1 saturated heterocycles. The summed E-state index contributed by atoms with van der Waals surface area (Å²) < 4.78 is 7.53. The van der Waals surface area contributed by atoms with Gasteiger partial charge in [-0.05, 0) is 30.4 Å². The molecule has 1 aliphatic heterocycles. The third kappa shape index (κ3) is 3.45. The molecule has 0 saturated carbocycles. The second kappa shape index (κ2) is 7.25. The minimum absolute atomic E-state index is 0.0183. The predicted octanol–water partition coefficient (Wildman–Crippen LogP) is 2.62. The number of aryl methyl sites for hydroxylation is 1. The first kappa shape index (κ1) is 16.7. The van der Waals surface area contributed by atoms with E-state index in [1.165, 1.54) is 0 Å². The number of nitrogens with zero attached hydrogens (tertiary/aromatic N) is 5. The maximum Gasteiger partial charge on any atom is 0.272 e. The summed E-state index contributed by atoms with van der Waals surface area (Å²) in [5, 5.41) is 6.49. The molecule has 0 spiro atoms. The summed E-state index contributed by atoms with van der Waals surface area (Å²) in [6.45, 7) is 1.26. The Morgan fingerprint density at radius 2 is 2.31 bits per heavy atom. The highest BCUT2D eigenvalue weighted by molar-refractivity contribution is 7.13. The van der Waals surface area contributed by atoms with Gasteiger partial charge in [0.25, 0.3) is 5.91 Å². The molecule has 0 radical (unpaired) electrons. The monoisotopic (exact) mass is 369 g/mol. The Kier molecular flexibility index (Phi) is 4.66. The Labute approximate surface area is 155 Å². The van der Waals surface area contributed by atoms with Crippen LogP contribution in [-0.2, 0) is 7.05 Å². The highest BCUT2D eigenvalue weighted by atomic mass is 32.1. The molecule has 8 heteroatoms. The zero-order valence-corrected chi connectivity index (χ0v) is 15.2. The molecule has 4 rings (SSSR count). The van der Waals surface area contributed by atoms with Crippen LogP contribution in [0.3, 0.4) is 0 Å². The van der Waals surface area contributed by atoms with E-state index < -0.39 is 0 Å². The van der Waals surface area contributed by atoms with Gasteiger partial charge in [0, 0.05) is 26.0 Å². The van der Waals surface area contributed by atoms with Gasteiger partial charge in [-0.1, -0.05) is 6.07 Å². The van der Waals surface area contributed by atoms with Crippen molar-refractivity contribution in [1.29, 1.82) is 0 Å². The van der Waals surface area contributed by atoms with Crippen LogP contribution in [0.15, 0.2) is 42.2 Å². The lowest BCUT2D eigenvalue weighted by Gasteiger charge is -2.32. The van der Waals surface area contributed by atoms with E-state index >= 15 is 0 Å². The number of hydrogen-bond donors (Lipinski definition) is 0. The van der Waals surface area contributed by atoms with E-state index in [0.29, 0.717) is 18.1 Å². The van der Waals surface area contributed by atoms with Crippen LogP contribution in [0.25, 0.3) is 10.6 Å². The highest BCUT2D eigenvalue weighted by Crippen LogP contribution is 2.25. The van der Waals surface area contributed by atoms with Crippen LogP contribution < -0.4 is 4.74 Å². The fourth-order valence-electron chi connectivity index (χ4n) is 3.11. The third-order valence-corrected chi connectivity index (χ3v) is 5.26. The number of carbonyl (C=O) groups is 1. The second-order valence-corrected chi connectivity index (χ2v) is 7.14. The lowest BCUT2D eigenvalue weighted by Crippen LogP contribution is -2.45. The second-order valence-electron chi connectivity index (χ2n) is 6.19. The van der Waals surface area contributed by atoms with Crippen LogP contribution in [0.1, 0.15) is 23.3 Å². The van der Waals surface area contributed by atoms with Crippen LogP contribution in [0.2, 0.25) is 0 Å². The van der Waals surface area contributed by atoms with Gasteiger partial charge in [-0.2, -0.15) is 5.10 Å². The van der Waals surface area contributed by atoms with E-state index in [1.807, 2.05) is 35.5 Å². The molecule has 3 aromatic rings. The summed E-state index contributed by atoms with van der Waals surface area (Å²) in [5.74, 6) is 0.475. The highest BCUT2D eigenvalue weighted by Gasteiger charge is 2.28. The maximum atomic E-state index is 13.0. The minimum atomic E-state index is -0.0746. The number of amides is 1. The molecule has 4 heterocycles. The average molecular weight is 369 g/mol. The van der Waals surface area contributed by atoms with E-state index in [4.69, 9.17) is 4.74 Å². The average Bonchev–Trinajstić information content (AvgIpc) is 3.32. The van der Waals surface area contributed by atoms with Gasteiger partial charge in [-0.25, -0.2) is 4.98 Å². The smallest absolute Gasteiger partial charge is 0.272 e. The van der Waals surface area contributed by atoms with Crippen LogP contribution in [0.4, 0.5) is 0 Å². The number of thiophene rings is 1. The minimum Gasteiger partial charge on any atom is -0.471 e. The molecule has 1 fully saturated rings. The Balaban J connectivity index is 1.47. The standard InChI is InChI=1S/C18H19N5O2S/c1-22-15(10-14(21-22)16-5-3-9-26-16)18(24)23-8-2-4-13(12-23)25-17-11-19-6-7-20-17/h3,5-7,9-11,13H,2,4,8,12H2,1H3. The summed E-state index contributed by atoms with van der Waals surface area (Å²) in [7, 11) is 1.81. The summed E-state index contributed by atoms with van der Waals surface area (Å²) in [4.78, 5) is 24.0. The Hall–Kier alpha value is -2.74. The summed E-state index contributed by atoms with van der Waals surface area (Å²) >= 11 is 1.61. The Morgan fingerprint density at radius 1 is 1.38 bits per heavy atom. The van der Waals surface area contributed by atoms with Crippen LogP contribution in [-0.4, -0.2) is 49.7 Å². The molecule has 134 valence electrons. The molecule has 0 aliphatic carbocycles. The van der Waals surface area contributed by atoms with E-state index in [2.05, 4.69) is 15.1 Å². The largest absolute Gasteiger partial charge is 0.471 e. The molecular formula is C18H19N5O2S. The van der Waals surface area contributed by atoms with Crippen molar-refractivity contribution in [3.05, 3.63) is 47.9 Å². The molecule has 0 aromatic carbocycles. The van der Waals surface area contributed by atoms with Crippen molar-refractivity contribution in [3.8, 4) is 16.5 Å². The molecule has 1 unspecified atom stereocenters. The van der Waals surface area contributed by atoms with Crippen LogP contribution in [0, 0.1) is 0 Å². The van der Waals surface area contributed by atoms with Gasteiger partial charge in [0.1, 0.15) is 17.5 Å². The van der Waals surface area contributed by atoms with Crippen molar-refractivity contribution < 1.29 is 9.53 Å². The van der Waals surface area contributed by atoms with Gasteiger partial charge in [0.2, 0.25) is 5.88 Å². The first-order valence-corrected chi connectivity index (χ1v) is 9.38. The van der Waals surface area contributed by atoms with Crippen molar-refractivity contribution in [2.75, 3.05) is 13.1 Å². The van der Waals surface area contributed by atoms with Gasteiger partial charge in [-0.3, -0.25) is 14.5 Å². The van der Waals surface area contributed by atoms with Gasteiger partial charge < -0.3 is 9.64 Å². The first-order valence-electron chi connectivity index (χ1n) is 8.50. The number of ether oxygens (including phenoxy) is 1. The molecule has 1 amide bonds. The van der Waals surface area contributed by atoms with Crippen molar-refractivity contribution in [3.63, 3.8) is 0 Å². The Morgan fingerprint density at radius 3 is 3.08 bits per heavy atom. The SMILES string of the molecule is Cn1nc(-c2cccs2)cc1C(=O)N1CCCC(Oc2cnccn2)C1. The molecule has 7 nitrogen and oxygen atoms in total. The molecule has 1 aliphatic rings. The molecule has 0 N–H and O–H groups in total. The quantitative estimate of drug-likeness (QED) is 0.707. The fourth-order valence-corrected chi connectivity index (χ4v) is 3.79. The van der Waals surface area contributed by atoms with E-state index in [0.717, 1.165) is 30.0 Å². The predicted molar refractivity (Wildman–Crippen MR) is 98.1 cm³/mol. The maximum absolute atomic E-state index is 13.0. The number of hydrogen-bond acceptors (Lipinski definition) is 6. The van der Waals surface area contributed by atoms with Crippen molar-refractivity contribution in [2.24, 2.45) is 7.05 Å². The fraction of sp³-hybridized carbons (Fsp3) is 0.333. The molecule has 1 atom stereocenters. The van der Waals surface area contributed by atoms with Crippen molar-refractivity contribution >= 4 is 17.2 Å². The van der Waals surface area contributed by atoms with Crippen LogP contribution >= 0.6 is 11.3 Å². The topological polar surface area (TPSA) is 73.1 Å². The van der Waals surface area contributed by atoms with E-state index in [1.54, 1.807) is 34.6 Å². The number of piperidine rings is 1. The van der Waals surface area contributed by atoms with Gasteiger partial charge in [0.15, 0.2) is 0 Å². The Bertz CT molecular complexity index is 878. The number of likely N-dealkylation sites (tertiary alicyclic amines) is 1. The first-order chi connectivity index (χ1) is 12.7. The molecule has 26 heavy (non-hydrogen) atoms. The zero-order valence-electron chi connectivity index (χ0n) is 14.4. The van der Waals surface area contributed by atoms with E-state index in [9.17, 15) is 4.79 Å². The van der Waals surface area contributed by atoms with E-state index in [-0.39, 0.29) is 12.0 Å². The summed E-state index contributed by atoms with van der Waals surface area (Å²) in [6, 6.07) is 5.85. The van der Waals surface area contributed by atoms with Crippen molar-refractivity contribution in [2.45, 2.75) is 18.9 Å². The van der Waals surface area contributed by atoms with Gasteiger partial charge in [0.05, 0.1) is 17.6 Å². The summed E-state index contributed by atoms with van der Waals surface area (Å²) in [6.07, 6.45) is 6.52. The van der Waals surface area contributed by atoms with Crippen LogP contribution in [0.5, 0.6) is 5.88 Å². The van der Waals surface area contributed by atoms with Gasteiger partial charge >= 0.3 is 0 Å². The zero-order chi connectivity index (χ0) is 17.9. The molecule has 0 bridgehead atoms. The lowest BCUT2D eigenvalue weighted by atomic mass is 10.1. The number of aromatic nitrogens is 4. The lowest BCUT2D eigenvalue weighted by molar-refractivity contribution is 0.0517. The third-order valence-electron chi connectivity index (χ3n) is 4.36. The summed E-state index contributed by atoms with van der Waals surface area (Å²) in [5.41, 5.74) is 1.42.